The minimum absolute atomic E-state index is 0.0887. The van der Waals surface area contributed by atoms with Gasteiger partial charge in [0.25, 0.3) is 5.91 Å². The number of benzene rings is 1. The lowest BCUT2D eigenvalue weighted by molar-refractivity contribution is -0.142. The molecule has 2 aromatic rings. The molecular weight excluding hydrogens is 282 g/mol. The number of carbonyl (C=O) groups excluding carboxylic acids is 1. The van der Waals surface area contributed by atoms with Crippen molar-refractivity contribution in [3.05, 3.63) is 36.1 Å². The van der Waals surface area contributed by atoms with Crippen molar-refractivity contribution in [3.8, 4) is 0 Å². The fourth-order valence-electron chi connectivity index (χ4n) is 3.50. The molecule has 2 heterocycles. The van der Waals surface area contributed by atoms with E-state index in [2.05, 4.69) is 0 Å². The number of carbonyl (C=O) groups is 2. The highest BCUT2D eigenvalue weighted by Crippen LogP contribution is 2.44. The monoisotopic (exact) mass is 299 g/mol. The molecule has 1 amide bonds. The van der Waals surface area contributed by atoms with Gasteiger partial charge in [-0.25, -0.2) is 0 Å². The largest absolute Gasteiger partial charge is 0.481 e. The van der Waals surface area contributed by atoms with Crippen LogP contribution in [0, 0.1) is 17.8 Å². The maximum absolute atomic E-state index is 12.6. The van der Waals surface area contributed by atoms with E-state index in [1.807, 2.05) is 24.3 Å². The fraction of sp³-hybridized carbons (Fsp3) is 0.412. The Balaban J connectivity index is 1.58. The number of hydrogen-bond acceptors (Lipinski definition) is 3. The minimum atomic E-state index is -0.795. The van der Waals surface area contributed by atoms with Gasteiger partial charge in [0.1, 0.15) is 5.58 Å². The Hall–Kier alpha value is -2.30. The van der Waals surface area contributed by atoms with E-state index in [0.717, 1.165) is 18.2 Å². The fourth-order valence-corrected chi connectivity index (χ4v) is 3.50. The normalized spacial score (nSPS) is 24.8. The number of hydrogen-bond donors (Lipinski definition) is 1. The lowest BCUT2D eigenvalue weighted by Gasteiger charge is -2.14. The summed E-state index contributed by atoms with van der Waals surface area (Å²) in [4.78, 5) is 25.7. The molecule has 1 aliphatic carbocycles. The molecule has 22 heavy (non-hydrogen) atoms. The van der Waals surface area contributed by atoms with Crippen molar-refractivity contribution >= 4 is 22.8 Å². The number of furan rings is 1. The molecule has 0 bridgehead atoms. The van der Waals surface area contributed by atoms with Crippen molar-refractivity contribution in [2.45, 2.75) is 12.8 Å². The van der Waals surface area contributed by atoms with E-state index in [0.29, 0.717) is 23.8 Å². The van der Waals surface area contributed by atoms with Crippen molar-refractivity contribution in [1.82, 2.24) is 4.90 Å². The summed E-state index contributed by atoms with van der Waals surface area (Å²) in [7, 11) is 0. The maximum Gasteiger partial charge on any atom is 0.308 e. The van der Waals surface area contributed by atoms with Gasteiger partial charge in [0, 0.05) is 18.5 Å². The van der Waals surface area contributed by atoms with Crippen molar-refractivity contribution in [2.75, 3.05) is 13.1 Å². The zero-order chi connectivity index (χ0) is 15.3. The van der Waals surface area contributed by atoms with Gasteiger partial charge in [0.2, 0.25) is 0 Å². The van der Waals surface area contributed by atoms with Gasteiger partial charge in [-0.3, -0.25) is 9.59 Å². The highest BCUT2D eigenvalue weighted by molar-refractivity contribution is 5.96. The summed E-state index contributed by atoms with van der Waals surface area (Å²) in [5, 5.41) is 10.3. The van der Waals surface area contributed by atoms with E-state index in [1.165, 1.54) is 0 Å². The summed E-state index contributed by atoms with van der Waals surface area (Å²) in [6.45, 7) is 0.809. The molecule has 1 saturated carbocycles. The molecule has 5 nitrogen and oxygen atoms in total. The van der Waals surface area contributed by atoms with E-state index < -0.39 is 11.9 Å². The number of likely N-dealkylation sites (tertiary alicyclic amines) is 1. The molecule has 1 aliphatic heterocycles. The van der Waals surface area contributed by atoms with Crippen LogP contribution in [-0.4, -0.2) is 35.0 Å². The van der Waals surface area contributed by atoms with E-state index in [1.54, 1.807) is 11.0 Å². The lowest BCUT2D eigenvalue weighted by atomic mass is 9.92. The van der Waals surface area contributed by atoms with Crippen LogP contribution in [0.2, 0.25) is 0 Å². The number of para-hydroxylation sites is 1. The van der Waals surface area contributed by atoms with Crippen LogP contribution < -0.4 is 0 Å². The van der Waals surface area contributed by atoms with Gasteiger partial charge in [-0.1, -0.05) is 18.2 Å². The van der Waals surface area contributed by atoms with Gasteiger partial charge in [0.05, 0.1) is 5.92 Å². The molecule has 114 valence electrons. The standard InChI is InChI=1S/C17H17NO4/c19-16(15-7-11-3-1-2-4-14(11)22-15)18-8-12(10-5-6-10)13(9-18)17(20)21/h1-4,7,10,12-13H,5-6,8-9H2,(H,20,21)/t12-,13+/m1/s1. The topological polar surface area (TPSA) is 70.8 Å². The molecule has 1 aromatic heterocycles. The van der Waals surface area contributed by atoms with Crippen LogP contribution in [0.3, 0.4) is 0 Å². The molecule has 2 atom stereocenters. The van der Waals surface area contributed by atoms with Gasteiger partial charge in [0.15, 0.2) is 5.76 Å². The number of rotatable bonds is 3. The Morgan fingerprint density at radius 2 is 1.95 bits per heavy atom. The highest BCUT2D eigenvalue weighted by Gasteiger charge is 2.47. The smallest absolute Gasteiger partial charge is 0.308 e. The van der Waals surface area contributed by atoms with E-state index in [9.17, 15) is 14.7 Å². The van der Waals surface area contributed by atoms with Crippen molar-refractivity contribution in [1.29, 1.82) is 0 Å². The van der Waals surface area contributed by atoms with Gasteiger partial charge in [-0.2, -0.15) is 0 Å². The molecule has 4 rings (SSSR count). The van der Waals surface area contributed by atoms with Crippen LogP contribution in [0.5, 0.6) is 0 Å². The second-order valence-corrected chi connectivity index (χ2v) is 6.30. The predicted molar refractivity (Wildman–Crippen MR) is 79.5 cm³/mol. The number of carboxylic acid groups (broad SMARTS) is 1. The summed E-state index contributed by atoms with van der Waals surface area (Å²) in [6, 6.07) is 9.21. The van der Waals surface area contributed by atoms with Crippen LogP contribution in [-0.2, 0) is 4.79 Å². The number of amides is 1. The molecule has 1 saturated heterocycles. The molecule has 0 radical (unpaired) electrons. The zero-order valence-corrected chi connectivity index (χ0v) is 12.1. The Morgan fingerprint density at radius 1 is 1.18 bits per heavy atom. The molecule has 1 aromatic carbocycles. The second kappa shape index (κ2) is 4.87. The first-order valence-corrected chi connectivity index (χ1v) is 7.64. The van der Waals surface area contributed by atoms with Crippen molar-refractivity contribution in [2.24, 2.45) is 17.8 Å². The molecule has 2 fully saturated rings. The summed E-state index contributed by atoms with van der Waals surface area (Å²) in [5.74, 6) is -0.592. The van der Waals surface area contributed by atoms with E-state index >= 15 is 0 Å². The Labute approximate surface area is 127 Å². The van der Waals surface area contributed by atoms with Crippen LogP contribution in [0.1, 0.15) is 23.4 Å². The highest BCUT2D eigenvalue weighted by atomic mass is 16.4. The van der Waals surface area contributed by atoms with E-state index in [-0.39, 0.29) is 18.4 Å². The Kier molecular flexibility index (Phi) is 2.96. The van der Waals surface area contributed by atoms with Crippen LogP contribution >= 0.6 is 0 Å². The number of nitrogens with zero attached hydrogens (tertiary/aromatic N) is 1. The van der Waals surface area contributed by atoms with Crippen LogP contribution in [0.4, 0.5) is 0 Å². The number of fused-ring (bicyclic) bond motifs is 1. The number of aliphatic carboxylic acids is 1. The lowest BCUT2D eigenvalue weighted by Crippen LogP contribution is -2.29. The molecule has 5 heteroatoms. The third kappa shape index (κ3) is 2.17. The molecular formula is C17H17NO4. The average molecular weight is 299 g/mol. The first-order chi connectivity index (χ1) is 10.6. The minimum Gasteiger partial charge on any atom is -0.481 e. The average Bonchev–Trinajstić information content (AvgIpc) is 3.11. The third-order valence-electron chi connectivity index (χ3n) is 4.83. The summed E-state index contributed by atoms with van der Waals surface area (Å²) >= 11 is 0. The van der Waals surface area contributed by atoms with Crippen LogP contribution in [0.15, 0.2) is 34.7 Å². The second-order valence-electron chi connectivity index (χ2n) is 6.30. The Morgan fingerprint density at radius 3 is 2.64 bits per heavy atom. The first kappa shape index (κ1) is 13.4. The maximum atomic E-state index is 12.6. The first-order valence-electron chi connectivity index (χ1n) is 7.64. The summed E-state index contributed by atoms with van der Waals surface area (Å²) < 4.78 is 5.61. The van der Waals surface area contributed by atoms with Gasteiger partial charge < -0.3 is 14.4 Å². The van der Waals surface area contributed by atoms with Gasteiger partial charge in [-0.15, -0.1) is 0 Å². The van der Waals surface area contributed by atoms with Gasteiger partial charge >= 0.3 is 5.97 Å². The number of carboxylic acids is 1. The predicted octanol–water partition coefficient (Wildman–Crippen LogP) is 2.62. The summed E-state index contributed by atoms with van der Waals surface area (Å²) in [5.41, 5.74) is 0.679. The summed E-state index contributed by atoms with van der Waals surface area (Å²) in [6.07, 6.45) is 2.17. The van der Waals surface area contributed by atoms with Crippen LogP contribution in [0.25, 0.3) is 11.0 Å². The molecule has 0 spiro atoms. The van der Waals surface area contributed by atoms with Crippen molar-refractivity contribution in [3.63, 3.8) is 0 Å². The van der Waals surface area contributed by atoms with Crippen molar-refractivity contribution < 1.29 is 19.1 Å². The SMILES string of the molecule is O=C(O)[C@H]1CN(C(=O)c2cc3ccccc3o2)C[C@@H]1C1CC1. The Bertz CT molecular complexity index is 713. The van der Waals surface area contributed by atoms with Gasteiger partial charge in [-0.05, 0) is 36.8 Å². The zero-order valence-electron chi connectivity index (χ0n) is 12.1. The molecule has 1 N–H and O–H groups in total. The molecule has 2 aliphatic rings. The molecule has 0 unspecified atom stereocenters. The quantitative estimate of drug-likeness (QED) is 0.945. The van der Waals surface area contributed by atoms with E-state index in [4.69, 9.17) is 4.42 Å². The third-order valence-corrected chi connectivity index (χ3v) is 4.83.